The first kappa shape index (κ1) is 26.2. The minimum Gasteiger partial charge on any atom is -0.497 e. The molecule has 188 valence electrons. The van der Waals surface area contributed by atoms with Crippen molar-refractivity contribution in [2.45, 2.75) is 26.9 Å². The number of thiocarbonyl (C=S) groups is 1. The molecule has 0 unspecified atom stereocenters. The number of amides is 1. The largest absolute Gasteiger partial charge is 0.497 e. The first-order valence-electron chi connectivity index (χ1n) is 11.5. The monoisotopic (exact) mass is 530 g/mol. The number of carbonyl (C=O) groups excluding carboxylic acids is 1. The minimum absolute atomic E-state index is 0.0448. The van der Waals surface area contributed by atoms with Crippen molar-refractivity contribution < 1.29 is 9.53 Å². The molecule has 0 bridgehead atoms. The Labute approximate surface area is 225 Å². The number of hydrogen-bond acceptors (Lipinski definition) is 7. The second-order valence-corrected chi connectivity index (χ2v) is 10.4. The van der Waals surface area contributed by atoms with E-state index in [2.05, 4.69) is 5.32 Å². The number of thioether (sulfide) groups is 1. The molecule has 1 saturated heterocycles. The van der Waals surface area contributed by atoms with Gasteiger partial charge in [-0.1, -0.05) is 65.9 Å². The van der Waals surface area contributed by atoms with E-state index in [0.29, 0.717) is 39.3 Å². The Morgan fingerprint density at radius 1 is 1.08 bits per heavy atom. The molecule has 4 rings (SSSR count). The fourth-order valence-corrected chi connectivity index (χ4v) is 5.25. The molecule has 7 nitrogen and oxygen atoms in total. The third-order valence-corrected chi connectivity index (χ3v) is 7.61. The van der Waals surface area contributed by atoms with Crippen molar-refractivity contribution in [3.05, 3.63) is 97.2 Å². The maximum atomic E-state index is 13.4. The number of ether oxygens (including phenoxy) is 1. The zero-order chi connectivity index (χ0) is 26.7. The third kappa shape index (κ3) is 5.45. The van der Waals surface area contributed by atoms with E-state index in [1.165, 1.54) is 16.3 Å². The molecule has 0 spiro atoms. The quantitative estimate of drug-likeness (QED) is 0.344. The lowest BCUT2D eigenvalue weighted by Crippen LogP contribution is -2.27. The van der Waals surface area contributed by atoms with Crippen LogP contribution in [0.5, 0.6) is 5.75 Å². The Hall–Kier alpha value is -3.87. The number of nitriles is 1. The first-order valence-corrected chi connectivity index (χ1v) is 12.8. The Morgan fingerprint density at radius 2 is 1.73 bits per heavy atom. The number of benzene rings is 2. The number of pyridine rings is 1. The van der Waals surface area contributed by atoms with E-state index < -0.39 is 5.56 Å². The van der Waals surface area contributed by atoms with E-state index in [4.69, 9.17) is 17.0 Å². The summed E-state index contributed by atoms with van der Waals surface area (Å²) in [5, 5.41) is 13.0. The standard InChI is InChI=1S/C28H26N4O3S2/c1-17-5-7-19(8-6-17)15-30-25-22(18(2)23(14-29)26(33)31(25)3)13-24-27(34)32(28(36)37-24)16-20-9-11-21(35-4)12-10-20/h5-13,30H,15-16H2,1-4H3/b24-13-. The average Bonchev–Trinajstić information content (AvgIpc) is 3.16. The van der Waals surface area contributed by atoms with Crippen LogP contribution in [-0.2, 0) is 24.9 Å². The number of carbonyl (C=O) groups is 1. The van der Waals surface area contributed by atoms with Gasteiger partial charge in [0.2, 0.25) is 0 Å². The Balaban J connectivity index is 1.69. The molecule has 1 aromatic heterocycles. The molecule has 0 aliphatic carbocycles. The SMILES string of the molecule is COc1ccc(CN2C(=O)/C(=C/c3c(C)c(C#N)c(=O)n(C)c3NCc3ccc(C)cc3)SC2=S)cc1. The van der Waals surface area contributed by atoms with E-state index in [0.717, 1.165) is 22.4 Å². The highest BCUT2D eigenvalue weighted by Gasteiger charge is 2.33. The number of aryl methyl sites for hydroxylation is 1. The van der Waals surface area contributed by atoms with E-state index in [1.54, 1.807) is 32.1 Å². The number of methoxy groups -OCH3 is 1. The molecular formula is C28H26N4O3S2. The van der Waals surface area contributed by atoms with E-state index in [1.807, 2.05) is 61.5 Å². The van der Waals surface area contributed by atoms with Crippen LogP contribution in [0.4, 0.5) is 5.82 Å². The predicted octanol–water partition coefficient (Wildman–Crippen LogP) is 4.90. The highest BCUT2D eigenvalue weighted by Crippen LogP contribution is 2.36. The molecule has 2 heterocycles. The van der Waals surface area contributed by atoms with Crippen LogP contribution in [-0.4, -0.2) is 26.8 Å². The van der Waals surface area contributed by atoms with Crippen molar-refractivity contribution in [2.75, 3.05) is 12.4 Å². The van der Waals surface area contributed by atoms with Crippen molar-refractivity contribution >= 4 is 46.1 Å². The fourth-order valence-electron chi connectivity index (χ4n) is 4.02. The second-order valence-electron chi connectivity index (χ2n) is 8.69. The molecule has 0 radical (unpaired) electrons. The lowest BCUT2D eigenvalue weighted by molar-refractivity contribution is -0.122. The molecule has 2 aromatic carbocycles. The van der Waals surface area contributed by atoms with Gasteiger partial charge in [-0.25, -0.2) is 0 Å². The number of rotatable bonds is 7. The normalized spacial score (nSPS) is 14.2. The van der Waals surface area contributed by atoms with Crippen molar-refractivity contribution in [1.82, 2.24) is 9.47 Å². The van der Waals surface area contributed by atoms with E-state index >= 15 is 0 Å². The highest BCUT2D eigenvalue weighted by molar-refractivity contribution is 8.26. The minimum atomic E-state index is -0.393. The van der Waals surface area contributed by atoms with Gasteiger partial charge in [-0.2, -0.15) is 5.26 Å². The van der Waals surface area contributed by atoms with Gasteiger partial charge >= 0.3 is 0 Å². The van der Waals surface area contributed by atoms with Crippen LogP contribution >= 0.6 is 24.0 Å². The Bertz CT molecular complexity index is 1500. The summed E-state index contributed by atoms with van der Waals surface area (Å²) in [6.45, 7) is 4.55. The zero-order valence-electron chi connectivity index (χ0n) is 21.0. The maximum absolute atomic E-state index is 13.4. The van der Waals surface area contributed by atoms with E-state index in [9.17, 15) is 14.9 Å². The summed E-state index contributed by atoms with van der Waals surface area (Å²) in [6.07, 6.45) is 1.72. The van der Waals surface area contributed by atoms with Crippen LogP contribution < -0.4 is 15.6 Å². The maximum Gasteiger partial charge on any atom is 0.270 e. The van der Waals surface area contributed by atoms with E-state index in [-0.39, 0.29) is 11.5 Å². The van der Waals surface area contributed by atoms with Gasteiger partial charge in [0.25, 0.3) is 11.5 Å². The Morgan fingerprint density at radius 3 is 2.35 bits per heavy atom. The third-order valence-electron chi connectivity index (χ3n) is 6.23. The molecule has 9 heteroatoms. The molecule has 1 aliphatic heterocycles. The molecule has 1 fully saturated rings. The zero-order valence-corrected chi connectivity index (χ0v) is 22.6. The summed E-state index contributed by atoms with van der Waals surface area (Å²) >= 11 is 6.73. The predicted molar refractivity (Wildman–Crippen MR) is 151 cm³/mol. The van der Waals surface area contributed by atoms with Crippen LogP contribution in [0, 0.1) is 25.2 Å². The second kappa shape index (κ2) is 11.0. The van der Waals surface area contributed by atoms with Crippen molar-refractivity contribution in [2.24, 2.45) is 7.05 Å². The van der Waals surface area contributed by atoms with Crippen LogP contribution in [0.1, 0.15) is 33.4 Å². The average molecular weight is 531 g/mol. The molecule has 3 aromatic rings. The van der Waals surface area contributed by atoms with Crippen LogP contribution in [0.3, 0.4) is 0 Å². The number of anilines is 1. The summed E-state index contributed by atoms with van der Waals surface area (Å²) in [4.78, 5) is 28.2. The molecule has 1 aliphatic rings. The molecule has 0 saturated carbocycles. The van der Waals surface area contributed by atoms with Crippen molar-refractivity contribution in [3.8, 4) is 11.8 Å². The van der Waals surface area contributed by atoms with Gasteiger partial charge in [0.1, 0.15) is 27.5 Å². The molecule has 1 amide bonds. The van der Waals surface area contributed by atoms with Crippen molar-refractivity contribution in [1.29, 1.82) is 5.26 Å². The Kier molecular flexibility index (Phi) is 7.81. The number of nitrogens with one attached hydrogen (secondary N) is 1. The lowest BCUT2D eigenvalue weighted by Gasteiger charge is -2.18. The summed E-state index contributed by atoms with van der Waals surface area (Å²) in [5.74, 6) is 1.04. The van der Waals surface area contributed by atoms with Gasteiger partial charge in [0.05, 0.1) is 18.6 Å². The van der Waals surface area contributed by atoms with Gasteiger partial charge in [-0.3, -0.25) is 19.1 Å². The fraction of sp³-hybridized carbons (Fsp3) is 0.214. The summed E-state index contributed by atoms with van der Waals surface area (Å²) in [5.41, 5.74) is 3.88. The summed E-state index contributed by atoms with van der Waals surface area (Å²) in [6, 6.07) is 17.6. The first-order chi connectivity index (χ1) is 17.7. The smallest absolute Gasteiger partial charge is 0.270 e. The number of hydrogen-bond donors (Lipinski definition) is 1. The molecule has 0 atom stereocenters. The summed E-state index contributed by atoms with van der Waals surface area (Å²) < 4.78 is 7.07. The van der Waals surface area contributed by atoms with Crippen molar-refractivity contribution in [3.63, 3.8) is 0 Å². The van der Waals surface area contributed by atoms with Gasteiger partial charge in [-0.05, 0) is 48.7 Å². The topological polar surface area (TPSA) is 87.4 Å². The molecular weight excluding hydrogens is 504 g/mol. The molecule has 1 N–H and O–H groups in total. The van der Waals surface area contributed by atoms with Gasteiger partial charge < -0.3 is 10.1 Å². The lowest BCUT2D eigenvalue weighted by atomic mass is 10.0. The number of aromatic nitrogens is 1. The highest BCUT2D eigenvalue weighted by atomic mass is 32.2. The van der Waals surface area contributed by atoms with Gasteiger partial charge in [0, 0.05) is 19.2 Å². The van der Waals surface area contributed by atoms with Crippen LogP contribution in [0.2, 0.25) is 0 Å². The molecule has 37 heavy (non-hydrogen) atoms. The van der Waals surface area contributed by atoms with Crippen LogP contribution in [0.15, 0.2) is 58.2 Å². The van der Waals surface area contributed by atoms with Crippen LogP contribution in [0.25, 0.3) is 6.08 Å². The van der Waals surface area contributed by atoms with Gasteiger partial charge in [0.15, 0.2) is 0 Å². The van der Waals surface area contributed by atoms with Gasteiger partial charge in [-0.15, -0.1) is 0 Å². The number of nitrogens with zero attached hydrogens (tertiary/aromatic N) is 3. The summed E-state index contributed by atoms with van der Waals surface area (Å²) in [7, 11) is 3.22.